The molecule has 1 atom stereocenters. The van der Waals surface area contributed by atoms with Crippen molar-refractivity contribution in [1.82, 2.24) is 15.1 Å². The van der Waals surface area contributed by atoms with Gasteiger partial charge in [-0.25, -0.2) is 0 Å². The van der Waals surface area contributed by atoms with Crippen LogP contribution in [0.1, 0.15) is 22.5 Å². The van der Waals surface area contributed by atoms with Crippen molar-refractivity contribution in [3.05, 3.63) is 52.8 Å². The molecule has 4 rings (SSSR count). The number of carbonyl (C=O) groups excluding carboxylic acids is 1. The molecular formula is C17H17ClN4O. The Kier molecular flexibility index (Phi) is 3.65. The number of carbonyl (C=O) groups is 1. The summed E-state index contributed by atoms with van der Waals surface area (Å²) in [4.78, 5) is 17.0. The number of anilines is 1. The van der Waals surface area contributed by atoms with Crippen LogP contribution in [0.5, 0.6) is 0 Å². The number of benzene rings is 1. The molecule has 0 radical (unpaired) electrons. The lowest BCUT2D eigenvalue weighted by Gasteiger charge is -2.27. The third kappa shape index (κ3) is 2.65. The number of halogens is 1. The van der Waals surface area contributed by atoms with Gasteiger partial charge >= 0.3 is 0 Å². The normalized spacial score (nSPS) is 20.0. The van der Waals surface area contributed by atoms with E-state index in [2.05, 4.69) is 39.4 Å². The summed E-state index contributed by atoms with van der Waals surface area (Å²) in [6, 6.07) is 12.1. The van der Waals surface area contributed by atoms with E-state index in [1.165, 1.54) is 11.3 Å². The highest BCUT2D eigenvalue weighted by Crippen LogP contribution is 2.33. The summed E-state index contributed by atoms with van der Waals surface area (Å²) >= 11 is 5.75. The Labute approximate surface area is 139 Å². The minimum Gasteiger partial charge on any atom is -0.366 e. The van der Waals surface area contributed by atoms with Gasteiger partial charge in [-0.05, 0) is 36.6 Å². The fraction of sp³-hybridized carbons (Fsp3) is 0.353. The van der Waals surface area contributed by atoms with Crippen molar-refractivity contribution in [3.63, 3.8) is 0 Å². The van der Waals surface area contributed by atoms with Crippen molar-refractivity contribution >= 4 is 23.2 Å². The third-order valence-corrected chi connectivity index (χ3v) is 4.80. The molecule has 3 heterocycles. The number of amides is 1. The summed E-state index contributed by atoms with van der Waals surface area (Å²) in [5.74, 6) is -0.0630. The average molecular weight is 329 g/mol. The average Bonchev–Trinajstić information content (AvgIpc) is 2.78. The van der Waals surface area contributed by atoms with Crippen LogP contribution in [0.15, 0.2) is 36.4 Å². The SMILES string of the molecule is O=C(c1ccc(Cl)nn1)N1CCCN2c3ccccc3CC2C1. The zero-order chi connectivity index (χ0) is 15.8. The minimum absolute atomic E-state index is 0.0630. The molecule has 1 amide bonds. The largest absolute Gasteiger partial charge is 0.366 e. The lowest BCUT2D eigenvalue weighted by molar-refractivity contribution is 0.0748. The quantitative estimate of drug-likeness (QED) is 0.806. The van der Waals surface area contributed by atoms with Gasteiger partial charge in [0.05, 0.1) is 6.04 Å². The molecule has 1 saturated heterocycles. The minimum atomic E-state index is -0.0630. The Morgan fingerprint density at radius 2 is 2.00 bits per heavy atom. The number of nitrogens with zero attached hydrogens (tertiary/aromatic N) is 4. The van der Waals surface area contributed by atoms with Gasteiger partial charge in [-0.2, -0.15) is 0 Å². The molecule has 2 aliphatic heterocycles. The van der Waals surface area contributed by atoms with E-state index < -0.39 is 0 Å². The molecule has 0 N–H and O–H groups in total. The Morgan fingerprint density at radius 3 is 2.83 bits per heavy atom. The molecule has 6 heteroatoms. The van der Waals surface area contributed by atoms with Gasteiger partial charge in [0, 0.05) is 25.3 Å². The number of rotatable bonds is 1. The van der Waals surface area contributed by atoms with E-state index in [1.54, 1.807) is 12.1 Å². The first-order valence-corrected chi connectivity index (χ1v) is 8.23. The molecule has 1 unspecified atom stereocenters. The van der Waals surface area contributed by atoms with E-state index in [0.29, 0.717) is 16.9 Å². The summed E-state index contributed by atoms with van der Waals surface area (Å²) in [6.45, 7) is 2.45. The molecule has 1 aromatic carbocycles. The molecule has 118 valence electrons. The van der Waals surface area contributed by atoms with Crippen molar-refractivity contribution in [2.75, 3.05) is 24.5 Å². The van der Waals surface area contributed by atoms with Gasteiger partial charge in [-0.3, -0.25) is 4.79 Å². The van der Waals surface area contributed by atoms with Gasteiger partial charge in [-0.15, -0.1) is 10.2 Å². The molecule has 23 heavy (non-hydrogen) atoms. The summed E-state index contributed by atoms with van der Waals surface area (Å²) in [5.41, 5.74) is 3.05. The Bertz CT molecular complexity index is 734. The molecule has 2 aromatic rings. The van der Waals surface area contributed by atoms with Gasteiger partial charge in [0.25, 0.3) is 5.91 Å². The van der Waals surface area contributed by atoms with Gasteiger partial charge in [0.2, 0.25) is 0 Å². The van der Waals surface area contributed by atoms with Crippen LogP contribution >= 0.6 is 11.6 Å². The second-order valence-electron chi connectivity index (χ2n) is 6.03. The van der Waals surface area contributed by atoms with E-state index in [0.717, 1.165) is 32.5 Å². The summed E-state index contributed by atoms with van der Waals surface area (Å²) in [7, 11) is 0. The number of para-hydroxylation sites is 1. The van der Waals surface area contributed by atoms with Gasteiger partial charge < -0.3 is 9.80 Å². The second kappa shape index (κ2) is 5.81. The Hall–Kier alpha value is -2.14. The predicted octanol–water partition coefficient (Wildman–Crippen LogP) is 2.41. The van der Waals surface area contributed by atoms with Crippen LogP contribution in [-0.4, -0.2) is 46.7 Å². The van der Waals surface area contributed by atoms with E-state index in [1.807, 2.05) is 4.90 Å². The maximum atomic E-state index is 12.7. The zero-order valence-electron chi connectivity index (χ0n) is 12.7. The predicted molar refractivity (Wildman–Crippen MR) is 88.8 cm³/mol. The monoisotopic (exact) mass is 328 g/mol. The molecule has 1 aromatic heterocycles. The first kappa shape index (κ1) is 14.5. The molecular weight excluding hydrogens is 312 g/mol. The topological polar surface area (TPSA) is 49.3 Å². The molecule has 5 nitrogen and oxygen atoms in total. The number of hydrogen-bond donors (Lipinski definition) is 0. The lowest BCUT2D eigenvalue weighted by Crippen LogP contribution is -2.41. The highest BCUT2D eigenvalue weighted by Gasteiger charge is 2.34. The van der Waals surface area contributed by atoms with E-state index in [4.69, 9.17) is 11.6 Å². The summed E-state index contributed by atoms with van der Waals surface area (Å²) in [6.07, 6.45) is 1.95. The standard InChI is InChI=1S/C17H17ClN4O/c18-16-7-6-14(19-20-16)17(23)21-8-3-9-22-13(11-21)10-12-4-1-2-5-15(12)22/h1-2,4-7,13H,3,8-11H2. The maximum Gasteiger partial charge on any atom is 0.274 e. The highest BCUT2D eigenvalue weighted by molar-refractivity contribution is 6.29. The molecule has 2 aliphatic rings. The smallest absolute Gasteiger partial charge is 0.274 e. The summed E-state index contributed by atoms with van der Waals surface area (Å²) in [5, 5.41) is 8.00. The van der Waals surface area contributed by atoms with Crippen LogP contribution in [0.25, 0.3) is 0 Å². The van der Waals surface area contributed by atoms with E-state index >= 15 is 0 Å². The van der Waals surface area contributed by atoms with Gasteiger partial charge in [0.1, 0.15) is 0 Å². The molecule has 0 spiro atoms. The van der Waals surface area contributed by atoms with Crippen molar-refractivity contribution in [2.45, 2.75) is 18.9 Å². The fourth-order valence-corrected chi connectivity index (χ4v) is 3.65. The molecule has 0 saturated carbocycles. The first-order chi connectivity index (χ1) is 11.2. The first-order valence-electron chi connectivity index (χ1n) is 7.85. The number of fused-ring (bicyclic) bond motifs is 3. The lowest BCUT2D eigenvalue weighted by atomic mass is 10.1. The van der Waals surface area contributed by atoms with Crippen LogP contribution in [0.2, 0.25) is 5.15 Å². The van der Waals surface area contributed by atoms with Crippen molar-refractivity contribution in [2.24, 2.45) is 0 Å². The molecule has 0 bridgehead atoms. The van der Waals surface area contributed by atoms with Crippen LogP contribution in [0.3, 0.4) is 0 Å². The number of hydrogen-bond acceptors (Lipinski definition) is 4. The summed E-state index contributed by atoms with van der Waals surface area (Å²) < 4.78 is 0. The Morgan fingerprint density at radius 1 is 1.13 bits per heavy atom. The zero-order valence-corrected chi connectivity index (χ0v) is 13.4. The van der Waals surface area contributed by atoms with E-state index in [9.17, 15) is 4.79 Å². The van der Waals surface area contributed by atoms with Gasteiger partial charge in [0.15, 0.2) is 10.8 Å². The van der Waals surface area contributed by atoms with Crippen LogP contribution in [0, 0.1) is 0 Å². The van der Waals surface area contributed by atoms with Crippen LogP contribution < -0.4 is 4.90 Å². The third-order valence-electron chi connectivity index (χ3n) is 4.59. The Balaban J connectivity index is 1.55. The highest BCUT2D eigenvalue weighted by atomic mass is 35.5. The second-order valence-corrected chi connectivity index (χ2v) is 6.41. The maximum absolute atomic E-state index is 12.7. The van der Waals surface area contributed by atoms with Gasteiger partial charge in [-0.1, -0.05) is 29.8 Å². The van der Waals surface area contributed by atoms with Crippen molar-refractivity contribution in [1.29, 1.82) is 0 Å². The number of aromatic nitrogens is 2. The van der Waals surface area contributed by atoms with Crippen molar-refractivity contribution < 1.29 is 4.79 Å². The fourth-order valence-electron chi connectivity index (χ4n) is 3.54. The van der Waals surface area contributed by atoms with E-state index in [-0.39, 0.29) is 5.91 Å². The molecule has 1 fully saturated rings. The van der Waals surface area contributed by atoms with Crippen LogP contribution in [0.4, 0.5) is 5.69 Å². The van der Waals surface area contributed by atoms with Crippen molar-refractivity contribution in [3.8, 4) is 0 Å². The molecule has 0 aliphatic carbocycles. The van der Waals surface area contributed by atoms with Crippen LogP contribution in [-0.2, 0) is 6.42 Å².